The summed E-state index contributed by atoms with van der Waals surface area (Å²) in [6, 6.07) is 4.67. The van der Waals surface area contributed by atoms with Gasteiger partial charge in [0.1, 0.15) is 0 Å². The number of nitrogens with zero attached hydrogens (tertiary/aromatic N) is 2. The van der Waals surface area contributed by atoms with Crippen LogP contribution in [0, 0.1) is 5.92 Å². The Morgan fingerprint density at radius 2 is 2.00 bits per heavy atom. The molecule has 0 spiro atoms. The molecule has 0 aliphatic rings. The molecule has 0 aliphatic heterocycles. The van der Waals surface area contributed by atoms with Crippen LogP contribution in [0.1, 0.15) is 40.2 Å². The lowest BCUT2D eigenvalue weighted by Gasteiger charge is -2.34. The summed E-state index contributed by atoms with van der Waals surface area (Å²) in [6.45, 7) is 13.2. The van der Waals surface area contributed by atoms with Crippen molar-refractivity contribution in [2.45, 2.75) is 52.7 Å². The molecule has 1 atom stereocenters. The first-order valence-electron chi connectivity index (χ1n) is 7.14. The molecule has 3 heteroatoms. The summed E-state index contributed by atoms with van der Waals surface area (Å²) < 4.78 is 0. The van der Waals surface area contributed by atoms with Crippen LogP contribution in [0.3, 0.4) is 0 Å². The van der Waals surface area contributed by atoms with E-state index in [-0.39, 0.29) is 5.54 Å². The molecule has 0 bridgehead atoms. The third-order valence-electron chi connectivity index (χ3n) is 3.33. The van der Waals surface area contributed by atoms with Crippen LogP contribution in [0.5, 0.6) is 0 Å². The summed E-state index contributed by atoms with van der Waals surface area (Å²) in [5.74, 6) is 0.622. The van der Waals surface area contributed by atoms with Crippen molar-refractivity contribution in [3.8, 4) is 0 Å². The van der Waals surface area contributed by atoms with Gasteiger partial charge in [0, 0.05) is 37.1 Å². The second kappa shape index (κ2) is 7.01. The van der Waals surface area contributed by atoms with Crippen LogP contribution in [0.15, 0.2) is 24.5 Å². The smallest absolute Gasteiger partial charge is 0.0312 e. The number of hydrogen-bond donors (Lipinski definition) is 1. The molecule has 1 rings (SSSR count). The molecule has 1 N–H and O–H groups in total. The second-order valence-corrected chi connectivity index (χ2v) is 6.72. The SMILES string of the molecule is CC(C)C(CNC(C)(C)C)N(C)Cc1cccnc1. The molecule has 0 aliphatic carbocycles. The third kappa shape index (κ3) is 6.17. The number of hydrogen-bond acceptors (Lipinski definition) is 3. The molecule has 0 aromatic carbocycles. The fraction of sp³-hybridized carbons (Fsp3) is 0.688. The van der Waals surface area contributed by atoms with Crippen LogP contribution in [-0.2, 0) is 6.54 Å². The highest BCUT2D eigenvalue weighted by atomic mass is 15.2. The van der Waals surface area contributed by atoms with E-state index in [1.165, 1.54) is 5.56 Å². The molecule has 0 saturated carbocycles. The monoisotopic (exact) mass is 263 g/mol. The number of aromatic nitrogens is 1. The van der Waals surface area contributed by atoms with E-state index < -0.39 is 0 Å². The lowest BCUT2D eigenvalue weighted by molar-refractivity contribution is 0.169. The molecule has 0 amide bonds. The van der Waals surface area contributed by atoms with Gasteiger partial charge in [-0.25, -0.2) is 0 Å². The van der Waals surface area contributed by atoms with Gasteiger partial charge in [-0.3, -0.25) is 9.88 Å². The van der Waals surface area contributed by atoms with Gasteiger partial charge in [0.25, 0.3) is 0 Å². The number of pyridine rings is 1. The zero-order valence-electron chi connectivity index (χ0n) is 13.3. The Balaban J connectivity index is 2.60. The number of likely N-dealkylation sites (N-methyl/N-ethyl adjacent to an activating group) is 1. The maximum atomic E-state index is 4.18. The first kappa shape index (κ1) is 16.1. The summed E-state index contributed by atoms with van der Waals surface area (Å²) in [6.07, 6.45) is 3.77. The first-order chi connectivity index (χ1) is 8.79. The normalized spacial score (nSPS) is 14.1. The van der Waals surface area contributed by atoms with Gasteiger partial charge in [-0.15, -0.1) is 0 Å². The van der Waals surface area contributed by atoms with Crippen molar-refractivity contribution in [1.82, 2.24) is 15.2 Å². The molecule has 1 aromatic rings. The Morgan fingerprint density at radius 1 is 1.32 bits per heavy atom. The quantitative estimate of drug-likeness (QED) is 0.855. The van der Waals surface area contributed by atoms with Gasteiger partial charge in [-0.2, -0.15) is 0 Å². The molecule has 1 aromatic heterocycles. The fourth-order valence-electron chi connectivity index (χ4n) is 2.21. The van der Waals surface area contributed by atoms with Gasteiger partial charge in [-0.1, -0.05) is 19.9 Å². The molecular weight excluding hydrogens is 234 g/mol. The predicted octanol–water partition coefficient (Wildman–Crippen LogP) is 2.93. The maximum Gasteiger partial charge on any atom is 0.0312 e. The fourth-order valence-corrected chi connectivity index (χ4v) is 2.21. The highest BCUT2D eigenvalue weighted by Gasteiger charge is 2.21. The topological polar surface area (TPSA) is 28.2 Å². The lowest BCUT2D eigenvalue weighted by atomic mass is 10.0. The Bertz CT molecular complexity index is 354. The van der Waals surface area contributed by atoms with Crippen molar-refractivity contribution in [3.63, 3.8) is 0 Å². The van der Waals surface area contributed by atoms with Crippen LogP contribution in [0.25, 0.3) is 0 Å². The van der Waals surface area contributed by atoms with E-state index >= 15 is 0 Å². The summed E-state index contributed by atoms with van der Waals surface area (Å²) >= 11 is 0. The average molecular weight is 263 g/mol. The molecule has 0 fully saturated rings. The molecular formula is C16H29N3. The van der Waals surface area contributed by atoms with Crippen LogP contribution in [0.4, 0.5) is 0 Å². The van der Waals surface area contributed by atoms with E-state index in [1.54, 1.807) is 0 Å². The minimum atomic E-state index is 0.169. The predicted molar refractivity (Wildman–Crippen MR) is 82.1 cm³/mol. The Labute approximate surface area is 118 Å². The maximum absolute atomic E-state index is 4.18. The van der Waals surface area contributed by atoms with Gasteiger partial charge in [0.15, 0.2) is 0 Å². The number of nitrogens with one attached hydrogen (secondary N) is 1. The zero-order valence-corrected chi connectivity index (χ0v) is 13.3. The minimum Gasteiger partial charge on any atom is -0.311 e. The van der Waals surface area contributed by atoms with E-state index in [9.17, 15) is 0 Å². The molecule has 19 heavy (non-hydrogen) atoms. The van der Waals surface area contributed by atoms with Crippen molar-refractivity contribution < 1.29 is 0 Å². The second-order valence-electron chi connectivity index (χ2n) is 6.72. The van der Waals surface area contributed by atoms with Crippen molar-refractivity contribution >= 4 is 0 Å². The van der Waals surface area contributed by atoms with Crippen molar-refractivity contribution in [1.29, 1.82) is 0 Å². The van der Waals surface area contributed by atoms with E-state index in [4.69, 9.17) is 0 Å². The van der Waals surface area contributed by atoms with Gasteiger partial charge in [-0.05, 0) is 45.4 Å². The molecule has 1 heterocycles. The van der Waals surface area contributed by atoms with Crippen LogP contribution in [0.2, 0.25) is 0 Å². The van der Waals surface area contributed by atoms with E-state index in [0.717, 1.165) is 13.1 Å². The van der Waals surface area contributed by atoms with Crippen molar-refractivity contribution in [2.75, 3.05) is 13.6 Å². The molecule has 0 radical (unpaired) electrons. The van der Waals surface area contributed by atoms with Gasteiger partial charge >= 0.3 is 0 Å². The highest BCUT2D eigenvalue weighted by molar-refractivity contribution is 5.08. The van der Waals surface area contributed by atoms with Gasteiger partial charge in [0.2, 0.25) is 0 Å². The van der Waals surface area contributed by atoms with Crippen LogP contribution < -0.4 is 5.32 Å². The Hall–Kier alpha value is -0.930. The van der Waals surface area contributed by atoms with Crippen molar-refractivity contribution in [3.05, 3.63) is 30.1 Å². The van der Waals surface area contributed by atoms with Gasteiger partial charge in [0.05, 0.1) is 0 Å². The standard InChI is InChI=1S/C16H29N3/c1-13(2)15(11-18-16(3,4)5)19(6)12-14-8-7-9-17-10-14/h7-10,13,15,18H,11-12H2,1-6H3. The van der Waals surface area contributed by atoms with Gasteiger partial charge < -0.3 is 5.32 Å². The first-order valence-corrected chi connectivity index (χ1v) is 7.14. The third-order valence-corrected chi connectivity index (χ3v) is 3.33. The minimum absolute atomic E-state index is 0.169. The van der Waals surface area contributed by atoms with E-state index in [0.29, 0.717) is 12.0 Å². The summed E-state index contributed by atoms with van der Waals surface area (Å²) in [5, 5.41) is 3.61. The van der Waals surface area contributed by atoms with E-state index in [1.807, 2.05) is 18.5 Å². The lowest BCUT2D eigenvalue weighted by Crippen LogP contribution is -2.48. The summed E-state index contributed by atoms with van der Waals surface area (Å²) in [7, 11) is 2.20. The summed E-state index contributed by atoms with van der Waals surface area (Å²) in [4.78, 5) is 6.60. The molecule has 1 unspecified atom stereocenters. The highest BCUT2D eigenvalue weighted by Crippen LogP contribution is 2.13. The zero-order chi connectivity index (χ0) is 14.5. The summed E-state index contributed by atoms with van der Waals surface area (Å²) in [5.41, 5.74) is 1.44. The van der Waals surface area contributed by atoms with Crippen LogP contribution >= 0.6 is 0 Å². The largest absolute Gasteiger partial charge is 0.311 e. The number of rotatable bonds is 6. The van der Waals surface area contributed by atoms with Crippen LogP contribution in [-0.4, -0.2) is 35.1 Å². The Kier molecular flexibility index (Phi) is 5.95. The molecule has 108 valence electrons. The molecule has 3 nitrogen and oxygen atoms in total. The average Bonchev–Trinajstić information content (AvgIpc) is 2.28. The van der Waals surface area contributed by atoms with E-state index in [2.05, 4.69) is 62.9 Å². The molecule has 0 saturated heterocycles. The van der Waals surface area contributed by atoms with Crippen molar-refractivity contribution in [2.24, 2.45) is 5.92 Å². The Morgan fingerprint density at radius 3 is 2.47 bits per heavy atom.